The first kappa shape index (κ1) is 13.9. The van der Waals surface area contributed by atoms with E-state index in [0.717, 1.165) is 12.8 Å². The van der Waals surface area contributed by atoms with Gasteiger partial charge in [-0.15, -0.1) is 0 Å². The van der Waals surface area contributed by atoms with E-state index < -0.39 is 11.4 Å². The van der Waals surface area contributed by atoms with Gasteiger partial charge in [0.2, 0.25) is 5.91 Å². The summed E-state index contributed by atoms with van der Waals surface area (Å²) in [6, 6.07) is 0. The average Bonchev–Trinajstić information content (AvgIpc) is 3.05. The van der Waals surface area contributed by atoms with Crippen LogP contribution in [-0.4, -0.2) is 48.2 Å². The van der Waals surface area contributed by atoms with Crippen molar-refractivity contribution in [2.45, 2.75) is 38.5 Å². The first-order chi connectivity index (χ1) is 9.62. The highest BCUT2D eigenvalue weighted by molar-refractivity contribution is 5.81. The van der Waals surface area contributed by atoms with Crippen LogP contribution in [0.2, 0.25) is 0 Å². The number of fused-ring (bicyclic) bond motifs is 1. The smallest absolute Gasteiger partial charge is 0.311 e. The van der Waals surface area contributed by atoms with E-state index in [0.29, 0.717) is 45.1 Å². The first-order valence-electron chi connectivity index (χ1n) is 7.71. The predicted octanol–water partition coefficient (Wildman–Crippen LogP) is 1.52. The van der Waals surface area contributed by atoms with Gasteiger partial charge in [-0.05, 0) is 25.2 Å². The van der Waals surface area contributed by atoms with E-state index in [1.54, 1.807) is 4.90 Å². The van der Waals surface area contributed by atoms with Crippen molar-refractivity contribution in [2.24, 2.45) is 17.3 Å². The van der Waals surface area contributed by atoms with Gasteiger partial charge in [-0.2, -0.15) is 0 Å². The van der Waals surface area contributed by atoms with Crippen molar-refractivity contribution in [2.75, 3.05) is 26.3 Å². The van der Waals surface area contributed by atoms with Crippen LogP contribution in [0.1, 0.15) is 38.5 Å². The Balaban J connectivity index is 1.67. The second kappa shape index (κ2) is 5.35. The minimum Gasteiger partial charge on any atom is -0.481 e. The minimum atomic E-state index is -0.762. The van der Waals surface area contributed by atoms with E-state index in [2.05, 4.69) is 0 Å². The van der Waals surface area contributed by atoms with E-state index in [4.69, 9.17) is 4.74 Å². The van der Waals surface area contributed by atoms with Gasteiger partial charge >= 0.3 is 5.97 Å². The summed E-state index contributed by atoms with van der Waals surface area (Å²) in [7, 11) is 0. The number of aliphatic carboxylic acids is 1. The van der Waals surface area contributed by atoms with Crippen LogP contribution in [0.25, 0.3) is 0 Å². The molecular formula is C15H23NO4. The summed E-state index contributed by atoms with van der Waals surface area (Å²) in [4.78, 5) is 25.9. The standard InChI is InChI=1S/C15H23NO4/c17-13(7-11-3-1-2-4-11)16-8-12-9-20-6-5-15(12,10-16)14(18)19/h11-12H,1-10H2,(H,18,19)/t12-,15+/m0/s1. The Hall–Kier alpha value is -1.10. The molecule has 0 bridgehead atoms. The summed E-state index contributed by atoms with van der Waals surface area (Å²) in [6.07, 6.45) is 5.89. The van der Waals surface area contributed by atoms with Crippen molar-refractivity contribution >= 4 is 11.9 Å². The van der Waals surface area contributed by atoms with Crippen molar-refractivity contribution in [3.05, 3.63) is 0 Å². The van der Waals surface area contributed by atoms with Crippen LogP contribution in [0, 0.1) is 17.3 Å². The van der Waals surface area contributed by atoms with E-state index in [1.807, 2.05) is 0 Å². The minimum absolute atomic E-state index is 0.0405. The maximum atomic E-state index is 12.4. The lowest BCUT2D eigenvalue weighted by atomic mass is 9.74. The molecule has 1 aliphatic carbocycles. The van der Waals surface area contributed by atoms with Crippen molar-refractivity contribution in [3.8, 4) is 0 Å². The molecule has 0 aromatic rings. The number of ether oxygens (including phenoxy) is 1. The molecule has 2 saturated heterocycles. The van der Waals surface area contributed by atoms with Crippen LogP contribution in [0.3, 0.4) is 0 Å². The predicted molar refractivity (Wildman–Crippen MR) is 72.1 cm³/mol. The number of carbonyl (C=O) groups excluding carboxylic acids is 1. The molecule has 112 valence electrons. The monoisotopic (exact) mass is 281 g/mol. The van der Waals surface area contributed by atoms with Crippen molar-refractivity contribution in [1.29, 1.82) is 0 Å². The highest BCUT2D eigenvalue weighted by atomic mass is 16.5. The zero-order valence-electron chi connectivity index (χ0n) is 11.8. The summed E-state index contributed by atoms with van der Waals surface area (Å²) in [5, 5.41) is 9.59. The van der Waals surface area contributed by atoms with Gasteiger partial charge in [0.1, 0.15) is 0 Å². The molecule has 3 rings (SSSR count). The van der Waals surface area contributed by atoms with Gasteiger partial charge in [0, 0.05) is 32.0 Å². The van der Waals surface area contributed by atoms with Gasteiger partial charge in [0.15, 0.2) is 0 Å². The van der Waals surface area contributed by atoms with E-state index in [-0.39, 0.29) is 11.8 Å². The highest BCUT2D eigenvalue weighted by Gasteiger charge is 2.54. The third kappa shape index (κ3) is 2.32. The van der Waals surface area contributed by atoms with Crippen molar-refractivity contribution in [1.82, 2.24) is 4.90 Å². The molecule has 5 nitrogen and oxygen atoms in total. The Morgan fingerprint density at radius 1 is 1.30 bits per heavy atom. The van der Waals surface area contributed by atoms with Crippen LogP contribution >= 0.6 is 0 Å². The molecule has 0 aromatic carbocycles. The number of likely N-dealkylation sites (tertiary alicyclic amines) is 1. The molecule has 2 atom stereocenters. The van der Waals surface area contributed by atoms with E-state index >= 15 is 0 Å². The fourth-order valence-electron chi connectivity index (χ4n) is 4.08. The van der Waals surface area contributed by atoms with Crippen LogP contribution < -0.4 is 0 Å². The van der Waals surface area contributed by atoms with E-state index in [1.165, 1.54) is 12.8 Å². The maximum absolute atomic E-state index is 12.4. The molecule has 3 aliphatic rings. The zero-order valence-corrected chi connectivity index (χ0v) is 11.8. The molecule has 1 amide bonds. The Morgan fingerprint density at radius 3 is 2.70 bits per heavy atom. The molecule has 0 radical (unpaired) electrons. The number of carbonyl (C=O) groups is 2. The Kier molecular flexibility index (Phi) is 3.71. The van der Waals surface area contributed by atoms with Gasteiger partial charge < -0.3 is 14.7 Å². The Bertz CT molecular complexity index is 405. The average molecular weight is 281 g/mol. The zero-order chi connectivity index (χ0) is 14.2. The van der Waals surface area contributed by atoms with Gasteiger partial charge in [-0.1, -0.05) is 12.8 Å². The maximum Gasteiger partial charge on any atom is 0.311 e. The molecule has 5 heteroatoms. The highest BCUT2D eigenvalue weighted by Crippen LogP contribution is 2.43. The number of carboxylic acid groups (broad SMARTS) is 1. The van der Waals surface area contributed by atoms with Crippen molar-refractivity contribution < 1.29 is 19.4 Å². The summed E-state index contributed by atoms with van der Waals surface area (Å²) in [5.41, 5.74) is -0.760. The Labute approximate surface area is 119 Å². The van der Waals surface area contributed by atoms with Gasteiger partial charge in [-0.3, -0.25) is 9.59 Å². The second-order valence-corrected chi connectivity index (χ2v) is 6.61. The fourth-order valence-corrected chi connectivity index (χ4v) is 4.08. The van der Waals surface area contributed by atoms with Crippen LogP contribution in [0.5, 0.6) is 0 Å². The van der Waals surface area contributed by atoms with Crippen LogP contribution in [-0.2, 0) is 14.3 Å². The van der Waals surface area contributed by atoms with Gasteiger partial charge in [0.05, 0.1) is 12.0 Å². The SMILES string of the molecule is O=C(CC1CCCC1)N1C[C@H]2COCC[C@@]2(C(=O)O)C1. The third-order valence-corrected chi connectivity index (χ3v) is 5.42. The summed E-state index contributed by atoms with van der Waals surface area (Å²) >= 11 is 0. The lowest BCUT2D eigenvalue weighted by molar-refractivity contribution is -0.157. The summed E-state index contributed by atoms with van der Waals surface area (Å²) in [5.74, 6) is -0.141. The van der Waals surface area contributed by atoms with Crippen LogP contribution in [0.15, 0.2) is 0 Å². The number of hydrogen-bond acceptors (Lipinski definition) is 3. The molecule has 2 aliphatic heterocycles. The molecule has 2 heterocycles. The molecule has 3 fully saturated rings. The molecule has 20 heavy (non-hydrogen) atoms. The summed E-state index contributed by atoms with van der Waals surface area (Å²) in [6.45, 7) is 1.90. The quantitative estimate of drug-likeness (QED) is 0.851. The second-order valence-electron chi connectivity index (χ2n) is 6.61. The molecule has 0 spiro atoms. The molecule has 0 unspecified atom stereocenters. The number of carboxylic acids is 1. The number of rotatable bonds is 3. The van der Waals surface area contributed by atoms with Gasteiger partial charge in [0.25, 0.3) is 0 Å². The number of amides is 1. The molecule has 1 N–H and O–H groups in total. The normalized spacial score (nSPS) is 34.2. The molecule has 0 aromatic heterocycles. The van der Waals surface area contributed by atoms with E-state index in [9.17, 15) is 14.7 Å². The van der Waals surface area contributed by atoms with Crippen LogP contribution in [0.4, 0.5) is 0 Å². The molecule has 1 saturated carbocycles. The summed E-state index contributed by atoms with van der Waals surface area (Å²) < 4.78 is 5.42. The fraction of sp³-hybridized carbons (Fsp3) is 0.867. The topological polar surface area (TPSA) is 66.8 Å². The number of hydrogen-bond donors (Lipinski definition) is 1. The lowest BCUT2D eigenvalue weighted by Crippen LogP contribution is -2.45. The van der Waals surface area contributed by atoms with Gasteiger partial charge in [-0.25, -0.2) is 0 Å². The molecular weight excluding hydrogens is 258 g/mol. The largest absolute Gasteiger partial charge is 0.481 e. The number of nitrogens with zero attached hydrogens (tertiary/aromatic N) is 1. The Morgan fingerprint density at radius 2 is 2.05 bits per heavy atom. The lowest BCUT2D eigenvalue weighted by Gasteiger charge is -2.33. The first-order valence-corrected chi connectivity index (χ1v) is 7.71. The third-order valence-electron chi connectivity index (χ3n) is 5.42. The van der Waals surface area contributed by atoms with Crippen molar-refractivity contribution in [3.63, 3.8) is 0 Å².